The molecule has 2 heterocycles. The normalized spacial score (nSPS) is 20.0. The highest BCUT2D eigenvalue weighted by Crippen LogP contribution is 2.23. The number of hydrogen-bond acceptors (Lipinski definition) is 7. The Morgan fingerprint density at radius 1 is 1.03 bits per heavy atom. The monoisotopic (exact) mass is 422 g/mol. The topological polar surface area (TPSA) is 110 Å². The van der Waals surface area contributed by atoms with Crippen molar-refractivity contribution in [2.45, 2.75) is 0 Å². The molecule has 2 N–H and O–H groups in total. The number of sulfone groups is 1. The molecule has 158 valence electrons. The van der Waals surface area contributed by atoms with Gasteiger partial charge in [0.1, 0.15) is 0 Å². The number of hydrogen-bond donors (Lipinski definition) is 2. The summed E-state index contributed by atoms with van der Waals surface area (Å²) >= 11 is 0. The van der Waals surface area contributed by atoms with Crippen molar-refractivity contribution >= 4 is 33.4 Å². The fourth-order valence-electron chi connectivity index (χ4n) is 3.52. The Kier molecular flexibility index (Phi) is 6.88. The Labute approximate surface area is 170 Å². The number of amides is 2. The first-order valence-corrected chi connectivity index (χ1v) is 11.4. The number of carbonyl (C=O) groups excluding carboxylic acids is 2. The number of anilines is 1. The molecule has 0 aliphatic carbocycles. The van der Waals surface area contributed by atoms with E-state index in [1.165, 1.54) is 6.08 Å². The van der Waals surface area contributed by atoms with Crippen LogP contribution in [0.2, 0.25) is 0 Å². The minimum atomic E-state index is -2.95. The minimum absolute atomic E-state index is 0.0248. The fraction of sp³-hybridized carbons (Fsp3) is 0.474. The maximum Gasteiger partial charge on any atom is 0.267 e. The predicted octanol–water partition coefficient (Wildman–Crippen LogP) is -0.416. The van der Waals surface area contributed by atoms with Gasteiger partial charge < -0.3 is 9.80 Å². The van der Waals surface area contributed by atoms with Gasteiger partial charge in [-0.25, -0.2) is 13.9 Å². The highest BCUT2D eigenvalue weighted by atomic mass is 32.2. The molecule has 2 saturated heterocycles. The van der Waals surface area contributed by atoms with E-state index in [-0.39, 0.29) is 24.0 Å². The number of hydroxylamine groups is 1. The largest absolute Gasteiger partial charge is 0.367 e. The second-order valence-corrected chi connectivity index (χ2v) is 9.47. The molecule has 1 aromatic carbocycles. The molecule has 2 aliphatic rings. The molecule has 0 saturated carbocycles. The molecule has 0 spiro atoms. The lowest BCUT2D eigenvalue weighted by molar-refractivity contribution is -0.132. The highest BCUT2D eigenvalue weighted by Gasteiger charge is 2.27. The molecular formula is C19H26N4O5S. The number of rotatable bonds is 5. The summed E-state index contributed by atoms with van der Waals surface area (Å²) in [4.78, 5) is 29.7. The molecule has 2 fully saturated rings. The van der Waals surface area contributed by atoms with Crippen molar-refractivity contribution in [3.63, 3.8) is 0 Å². The van der Waals surface area contributed by atoms with Gasteiger partial charge in [0.25, 0.3) is 5.91 Å². The van der Waals surface area contributed by atoms with Crippen molar-refractivity contribution in [3.05, 3.63) is 35.9 Å². The van der Waals surface area contributed by atoms with Gasteiger partial charge in [0.15, 0.2) is 9.84 Å². The predicted molar refractivity (Wildman–Crippen MR) is 109 cm³/mol. The van der Waals surface area contributed by atoms with Crippen LogP contribution in [0.25, 0.3) is 6.08 Å². The van der Waals surface area contributed by atoms with Gasteiger partial charge in [0, 0.05) is 51.0 Å². The van der Waals surface area contributed by atoms with Crippen LogP contribution in [0.4, 0.5) is 5.69 Å². The molecule has 2 amide bonds. The van der Waals surface area contributed by atoms with E-state index < -0.39 is 15.7 Å². The summed E-state index contributed by atoms with van der Waals surface area (Å²) in [6.45, 7) is 3.57. The minimum Gasteiger partial charge on any atom is -0.367 e. The zero-order valence-electron chi connectivity index (χ0n) is 16.2. The molecule has 0 bridgehead atoms. The Hall–Kier alpha value is -2.43. The van der Waals surface area contributed by atoms with Crippen LogP contribution in [0.15, 0.2) is 30.3 Å². The number of nitrogens with one attached hydrogen (secondary N) is 1. The van der Waals surface area contributed by atoms with Crippen molar-refractivity contribution in [1.29, 1.82) is 0 Å². The van der Waals surface area contributed by atoms with Crippen molar-refractivity contribution in [2.24, 2.45) is 0 Å². The molecule has 0 atom stereocenters. The third-order valence-corrected chi connectivity index (χ3v) is 6.84. The smallest absolute Gasteiger partial charge is 0.267 e. The molecule has 29 heavy (non-hydrogen) atoms. The summed E-state index contributed by atoms with van der Waals surface area (Å²) in [6.07, 6.45) is 2.90. The summed E-state index contributed by atoms with van der Waals surface area (Å²) in [6, 6.07) is 7.64. The molecule has 0 aromatic heterocycles. The number of carbonyl (C=O) groups is 2. The van der Waals surface area contributed by atoms with Crippen molar-refractivity contribution in [1.82, 2.24) is 15.3 Å². The average molecular weight is 423 g/mol. The molecule has 1 aromatic rings. The van der Waals surface area contributed by atoms with Crippen LogP contribution in [0.3, 0.4) is 0 Å². The summed E-state index contributed by atoms with van der Waals surface area (Å²) in [5.41, 5.74) is 3.38. The molecule has 10 heteroatoms. The average Bonchev–Trinajstić information content (AvgIpc) is 2.73. The van der Waals surface area contributed by atoms with Crippen molar-refractivity contribution < 1.29 is 23.2 Å². The standard InChI is InChI=1S/C19H26N4O5S/c24-18(20-26)6-5-16-3-1-2-4-17(16)22-7-9-23(10-8-22)19(25)15-21-11-13-29(27,28)14-12-21/h1-6,26H,7-15H2,(H,20,24)/b6-5+. The Morgan fingerprint density at radius 3 is 2.34 bits per heavy atom. The van der Waals surface area contributed by atoms with E-state index in [1.807, 2.05) is 34.1 Å². The quantitative estimate of drug-likeness (QED) is 0.377. The van der Waals surface area contributed by atoms with Crippen LogP contribution in [-0.2, 0) is 19.4 Å². The summed E-state index contributed by atoms with van der Waals surface area (Å²) in [7, 11) is -2.95. The van der Waals surface area contributed by atoms with Crippen LogP contribution >= 0.6 is 0 Å². The molecule has 0 unspecified atom stereocenters. The van der Waals surface area contributed by atoms with Gasteiger partial charge in [0.05, 0.1) is 18.1 Å². The Bertz CT molecular complexity index is 864. The van der Waals surface area contributed by atoms with Gasteiger partial charge in [-0.05, 0) is 17.7 Å². The maximum atomic E-state index is 12.6. The van der Waals surface area contributed by atoms with E-state index in [4.69, 9.17) is 5.21 Å². The number of para-hydroxylation sites is 1. The molecule has 2 aliphatic heterocycles. The molecule has 3 rings (SSSR count). The second-order valence-electron chi connectivity index (χ2n) is 7.16. The van der Waals surface area contributed by atoms with Crippen molar-refractivity contribution in [3.8, 4) is 0 Å². The maximum absolute atomic E-state index is 12.6. The van der Waals surface area contributed by atoms with Crippen LogP contribution in [0.5, 0.6) is 0 Å². The lowest BCUT2D eigenvalue weighted by Gasteiger charge is -2.38. The lowest BCUT2D eigenvalue weighted by Crippen LogP contribution is -2.52. The number of piperazine rings is 1. The third kappa shape index (κ3) is 5.78. The second kappa shape index (κ2) is 9.38. The van der Waals surface area contributed by atoms with Crippen molar-refractivity contribution in [2.75, 3.05) is 62.2 Å². The summed E-state index contributed by atoms with van der Waals surface area (Å²) < 4.78 is 23.0. The molecule has 0 radical (unpaired) electrons. The first kappa shape index (κ1) is 21.3. The van der Waals surface area contributed by atoms with E-state index in [0.717, 1.165) is 11.3 Å². The Balaban J connectivity index is 1.55. The van der Waals surface area contributed by atoms with Crippen LogP contribution in [-0.4, -0.2) is 92.6 Å². The van der Waals surface area contributed by atoms with Gasteiger partial charge in [-0.3, -0.25) is 19.7 Å². The highest BCUT2D eigenvalue weighted by molar-refractivity contribution is 7.91. The summed E-state index contributed by atoms with van der Waals surface area (Å²) in [5.74, 6) is -0.336. The van der Waals surface area contributed by atoms with E-state index in [9.17, 15) is 18.0 Å². The van der Waals surface area contributed by atoms with Crippen LogP contribution in [0, 0.1) is 0 Å². The SMILES string of the molecule is O=C(/C=C/c1ccccc1N1CCN(C(=O)CN2CCS(=O)(=O)CC2)CC1)NO. The zero-order chi connectivity index (χ0) is 20.9. The third-order valence-electron chi connectivity index (χ3n) is 5.23. The fourth-order valence-corrected chi connectivity index (χ4v) is 4.79. The molecule has 9 nitrogen and oxygen atoms in total. The van der Waals surface area contributed by atoms with E-state index in [1.54, 1.807) is 11.6 Å². The van der Waals surface area contributed by atoms with Gasteiger partial charge in [-0.1, -0.05) is 18.2 Å². The lowest BCUT2D eigenvalue weighted by atomic mass is 10.1. The van der Waals surface area contributed by atoms with Gasteiger partial charge >= 0.3 is 0 Å². The van der Waals surface area contributed by atoms with Gasteiger partial charge in [0.2, 0.25) is 5.91 Å². The van der Waals surface area contributed by atoms with Crippen LogP contribution in [0.1, 0.15) is 5.56 Å². The van der Waals surface area contributed by atoms with E-state index in [0.29, 0.717) is 39.3 Å². The molecular weight excluding hydrogens is 396 g/mol. The summed E-state index contributed by atoms with van der Waals surface area (Å²) in [5, 5.41) is 8.62. The first-order valence-electron chi connectivity index (χ1n) is 9.54. The zero-order valence-corrected chi connectivity index (χ0v) is 17.0. The van der Waals surface area contributed by atoms with Crippen LogP contribution < -0.4 is 10.4 Å². The van der Waals surface area contributed by atoms with E-state index >= 15 is 0 Å². The van der Waals surface area contributed by atoms with Gasteiger partial charge in [-0.2, -0.15) is 0 Å². The Morgan fingerprint density at radius 2 is 1.69 bits per heavy atom. The first-order chi connectivity index (χ1) is 13.9. The number of benzene rings is 1. The van der Waals surface area contributed by atoms with Gasteiger partial charge in [-0.15, -0.1) is 0 Å². The number of nitrogens with zero attached hydrogens (tertiary/aromatic N) is 3. The van der Waals surface area contributed by atoms with E-state index in [2.05, 4.69) is 4.90 Å².